The highest BCUT2D eigenvalue weighted by Gasteiger charge is 2.29. The van der Waals surface area contributed by atoms with Gasteiger partial charge in [0.15, 0.2) is 0 Å². The van der Waals surface area contributed by atoms with Gasteiger partial charge in [-0.1, -0.05) is 65.2 Å². The number of rotatable bonds is 8. The number of anilines is 2. The minimum atomic E-state index is -4.09. The number of nitrogens with one attached hydrogen (secondary N) is 1. The fraction of sp³-hybridized carbons (Fsp3) is 0.103. The molecular formula is C29H24Cl2N2O5S. The number of nitrogens with zero attached hydrogens (tertiary/aromatic N) is 1. The van der Waals surface area contributed by atoms with Crippen LogP contribution in [0.5, 0.6) is 0 Å². The molecule has 0 fully saturated rings. The van der Waals surface area contributed by atoms with Crippen LogP contribution in [0, 0.1) is 6.92 Å². The third-order valence-electron chi connectivity index (χ3n) is 5.90. The first-order valence-electron chi connectivity index (χ1n) is 11.7. The Bertz CT molecular complexity index is 1620. The maximum Gasteiger partial charge on any atom is 0.339 e. The van der Waals surface area contributed by atoms with E-state index in [-0.39, 0.29) is 39.0 Å². The van der Waals surface area contributed by atoms with Gasteiger partial charge in [-0.2, -0.15) is 0 Å². The second-order valence-corrected chi connectivity index (χ2v) is 11.3. The maximum absolute atomic E-state index is 13.9. The van der Waals surface area contributed by atoms with Gasteiger partial charge in [-0.3, -0.25) is 9.10 Å². The molecule has 0 bridgehead atoms. The molecule has 1 N–H and O–H groups in total. The van der Waals surface area contributed by atoms with Crippen LogP contribution in [-0.2, 0) is 21.3 Å². The number of halogens is 2. The lowest BCUT2D eigenvalue weighted by atomic mass is 10.1. The zero-order valence-electron chi connectivity index (χ0n) is 21.0. The van der Waals surface area contributed by atoms with Crippen LogP contribution in [0.1, 0.15) is 31.8 Å². The van der Waals surface area contributed by atoms with E-state index in [1.165, 1.54) is 47.8 Å². The molecule has 0 saturated carbocycles. The summed E-state index contributed by atoms with van der Waals surface area (Å²) in [5, 5.41) is 3.41. The third-order valence-corrected chi connectivity index (χ3v) is 8.25. The molecule has 0 radical (unpaired) electrons. The fourth-order valence-corrected chi connectivity index (χ4v) is 5.64. The van der Waals surface area contributed by atoms with Crippen molar-refractivity contribution in [2.75, 3.05) is 16.7 Å². The molecule has 1 amide bonds. The van der Waals surface area contributed by atoms with Crippen LogP contribution in [0.4, 0.5) is 11.4 Å². The number of carbonyl (C=O) groups is 2. The van der Waals surface area contributed by atoms with Gasteiger partial charge in [0.1, 0.15) is 0 Å². The Morgan fingerprint density at radius 2 is 1.54 bits per heavy atom. The lowest BCUT2D eigenvalue weighted by Crippen LogP contribution is -2.32. The number of amides is 1. The van der Waals surface area contributed by atoms with Crippen molar-refractivity contribution in [2.24, 2.45) is 0 Å². The summed E-state index contributed by atoms with van der Waals surface area (Å²) in [7, 11) is -2.87. The van der Waals surface area contributed by atoms with E-state index in [9.17, 15) is 18.0 Å². The van der Waals surface area contributed by atoms with Crippen molar-refractivity contribution in [3.8, 4) is 0 Å². The largest absolute Gasteiger partial charge is 0.465 e. The molecule has 0 atom stereocenters. The van der Waals surface area contributed by atoms with Gasteiger partial charge in [-0.25, -0.2) is 13.2 Å². The Balaban J connectivity index is 1.77. The van der Waals surface area contributed by atoms with Crippen molar-refractivity contribution < 1.29 is 22.7 Å². The van der Waals surface area contributed by atoms with Crippen LogP contribution >= 0.6 is 23.2 Å². The number of hydrogen-bond acceptors (Lipinski definition) is 5. The van der Waals surface area contributed by atoms with Gasteiger partial charge in [0, 0.05) is 10.7 Å². The Hall–Kier alpha value is -3.85. The molecule has 39 heavy (non-hydrogen) atoms. The van der Waals surface area contributed by atoms with Crippen molar-refractivity contribution in [3.05, 3.63) is 123 Å². The summed E-state index contributed by atoms with van der Waals surface area (Å²) in [5.41, 5.74) is 2.23. The van der Waals surface area contributed by atoms with Crippen LogP contribution in [-0.4, -0.2) is 27.4 Å². The number of aryl methyl sites for hydroxylation is 1. The fourth-order valence-electron chi connectivity index (χ4n) is 3.84. The molecule has 0 aliphatic rings. The summed E-state index contributed by atoms with van der Waals surface area (Å²) >= 11 is 12.1. The van der Waals surface area contributed by atoms with E-state index in [4.69, 9.17) is 27.9 Å². The van der Waals surface area contributed by atoms with Crippen molar-refractivity contribution in [1.82, 2.24) is 0 Å². The second kappa shape index (κ2) is 11.9. The second-order valence-electron chi connectivity index (χ2n) is 8.61. The standard InChI is InChI=1S/C29H24Cl2N2O5S/c1-19-7-14-23(15-8-19)39(36,37)33(18-20-9-11-21(30)12-10-20)27-6-4-3-5-24(27)28(34)32-22-13-16-26(31)25(17-22)29(35)38-2/h3-17H,18H2,1-2H3,(H,32,34). The molecule has 7 nitrogen and oxygen atoms in total. The monoisotopic (exact) mass is 582 g/mol. The molecule has 10 heteroatoms. The molecular weight excluding hydrogens is 559 g/mol. The van der Waals surface area contributed by atoms with E-state index in [0.717, 1.165) is 5.56 Å². The summed E-state index contributed by atoms with van der Waals surface area (Å²) < 4.78 is 33.8. The quantitative estimate of drug-likeness (QED) is 0.232. The molecule has 0 spiro atoms. The van der Waals surface area contributed by atoms with Crippen molar-refractivity contribution >= 4 is 56.5 Å². The predicted octanol–water partition coefficient (Wildman–Crippen LogP) is 6.74. The normalized spacial score (nSPS) is 11.1. The van der Waals surface area contributed by atoms with E-state index in [1.807, 2.05) is 6.92 Å². The number of carbonyl (C=O) groups excluding carboxylic acids is 2. The summed E-state index contributed by atoms with van der Waals surface area (Å²) in [6, 6.07) is 24.1. The molecule has 0 unspecified atom stereocenters. The predicted molar refractivity (Wildman–Crippen MR) is 153 cm³/mol. The van der Waals surface area contributed by atoms with Crippen LogP contribution < -0.4 is 9.62 Å². The lowest BCUT2D eigenvalue weighted by Gasteiger charge is -2.27. The lowest BCUT2D eigenvalue weighted by molar-refractivity contribution is 0.0600. The average Bonchev–Trinajstić information content (AvgIpc) is 2.93. The summed E-state index contributed by atoms with van der Waals surface area (Å²) in [4.78, 5) is 25.6. The van der Waals surface area contributed by atoms with Gasteiger partial charge in [-0.15, -0.1) is 0 Å². The van der Waals surface area contributed by atoms with Gasteiger partial charge in [0.05, 0.1) is 40.4 Å². The Labute approximate surface area is 237 Å². The SMILES string of the molecule is COC(=O)c1cc(NC(=O)c2ccccc2N(Cc2ccc(Cl)cc2)S(=O)(=O)c2ccc(C)cc2)ccc1Cl. The molecule has 200 valence electrons. The first-order chi connectivity index (χ1) is 18.6. The van der Waals surface area contributed by atoms with Crippen LogP contribution in [0.25, 0.3) is 0 Å². The highest BCUT2D eigenvalue weighted by atomic mass is 35.5. The Morgan fingerprint density at radius 3 is 2.21 bits per heavy atom. The zero-order valence-corrected chi connectivity index (χ0v) is 23.3. The van der Waals surface area contributed by atoms with E-state index in [1.54, 1.807) is 54.6 Å². The van der Waals surface area contributed by atoms with E-state index < -0.39 is 21.9 Å². The zero-order chi connectivity index (χ0) is 28.2. The minimum absolute atomic E-state index is 0.0505. The van der Waals surface area contributed by atoms with E-state index in [0.29, 0.717) is 10.6 Å². The van der Waals surface area contributed by atoms with Gasteiger partial charge >= 0.3 is 5.97 Å². The molecule has 0 aromatic heterocycles. The molecule has 0 heterocycles. The number of hydrogen-bond donors (Lipinski definition) is 1. The summed E-state index contributed by atoms with van der Waals surface area (Å²) in [6.07, 6.45) is 0. The number of sulfonamides is 1. The third kappa shape index (κ3) is 6.42. The molecule has 0 aliphatic heterocycles. The molecule has 4 rings (SSSR count). The van der Waals surface area contributed by atoms with E-state index in [2.05, 4.69) is 5.32 Å². The first-order valence-corrected chi connectivity index (χ1v) is 13.9. The van der Waals surface area contributed by atoms with Gasteiger partial charge in [0.2, 0.25) is 0 Å². The molecule has 4 aromatic carbocycles. The number of methoxy groups -OCH3 is 1. The number of benzene rings is 4. The Kier molecular flexibility index (Phi) is 8.60. The first kappa shape index (κ1) is 28.2. The van der Waals surface area contributed by atoms with Gasteiger partial charge < -0.3 is 10.1 Å². The van der Waals surface area contributed by atoms with Crippen LogP contribution in [0.3, 0.4) is 0 Å². The smallest absolute Gasteiger partial charge is 0.339 e. The van der Waals surface area contributed by atoms with Gasteiger partial charge in [-0.05, 0) is 67.1 Å². The number of para-hydroxylation sites is 1. The van der Waals surface area contributed by atoms with Gasteiger partial charge in [0.25, 0.3) is 15.9 Å². The maximum atomic E-state index is 13.9. The van der Waals surface area contributed by atoms with Crippen LogP contribution in [0.2, 0.25) is 10.0 Å². The Morgan fingerprint density at radius 1 is 0.872 bits per heavy atom. The summed E-state index contributed by atoms with van der Waals surface area (Å²) in [6.45, 7) is 1.81. The average molecular weight is 583 g/mol. The summed E-state index contributed by atoms with van der Waals surface area (Å²) in [5.74, 6) is -1.24. The molecule has 0 aliphatic carbocycles. The number of ether oxygens (including phenoxy) is 1. The molecule has 4 aromatic rings. The number of esters is 1. The van der Waals surface area contributed by atoms with E-state index >= 15 is 0 Å². The highest BCUT2D eigenvalue weighted by molar-refractivity contribution is 7.92. The van der Waals surface area contributed by atoms with Crippen molar-refractivity contribution in [1.29, 1.82) is 0 Å². The molecule has 0 saturated heterocycles. The highest BCUT2D eigenvalue weighted by Crippen LogP contribution is 2.31. The minimum Gasteiger partial charge on any atom is -0.465 e. The topological polar surface area (TPSA) is 92.8 Å². The van der Waals surface area contributed by atoms with Crippen molar-refractivity contribution in [2.45, 2.75) is 18.4 Å². The van der Waals surface area contributed by atoms with Crippen molar-refractivity contribution in [3.63, 3.8) is 0 Å². The van der Waals surface area contributed by atoms with Crippen LogP contribution in [0.15, 0.2) is 95.9 Å².